The summed E-state index contributed by atoms with van der Waals surface area (Å²) in [6, 6.07) is 7.52. The summed E-state index contributed by atoms with van der Waals surface area (Å²) >= 11 is 0. The Morgan fingerprint density at radius 2 is 1.89 bits per heavy atom. The molecular formula is C15H24O3. The number of hydrogen-bond acceptors (Lipinski definition) is 3. The predicted octanol–water partition coefficient (Wildman–Crippen LogP) is 3.18. The molecular weight excluding hydrogens is 228 g/mol. The fraction of sp³-hybridized carbons (Fsp3) is 0.600. The molecule has 1 aromatic rings. The molecule has 0 unspecified atom stereocenters. The summed E-state index contributed by atoms with van der Waals surface area (Å²) < 4.78 is 11.0. The van der Waals surface area contributed by atoms with Gasteiger partial charge >= 0.3 is 0 Å². The molecule has 1 rings (SSSR count). The maximum atomic E-state index is 9.46. The lowest BCUT2D eigenvalue weighted by Gasteiger charge is -2.10. The number of hydrogen-bond donors (Lipinski definition) is 1. The third-order valence-electron chi connectivity index (χ3n) is 2.68. The molecule has 0 fully saturated rings. The number of rotatable bonds is 8. The first kappa shape index (κ1) is 15.0. The molecule has 3 nitrogen and oxygen atoms in total. The standard InChI is InChI=1S/C15H24O3/c1-12(2)7-8-17-9-10-18-15-6-4-5-14(11-15)13(3)16/h4-6,11-13,16H,7-10H2,1-3H3/t13-/m1/s1. The maximum Gasteiger partial charge on any atom is 0.119 e. The van der Waals surface area contributed by atoms with Crippen molar-refractivity contribution < 1.29 is 14.6 Å². The Morgan fingerprint density at radius 1 is 1.11 bits per heavy atom. The Morgan fingerprint density at radius 3 is 2.56 bits per heavy atom. The van der Waals surface area contributed by atoms with E-state index in [9.17, 15) is 5.11 Å². The summed E-state index contributed by atoms with van der Waals surface area (Å²) in [4.78, 5) is 0. The SMILES string of the molecule is CC(C)CCOCCOc1cccc([C@@H](C)O)c1. The van der Waals surface area contributed by atoms with E-state index in [1.807, 2.05) is 24.3 Å². The van der Waals surface area contributed by atoms with E-state index in [0.29, 0.717) is 19.1 Å². The average Bonchev–Trinajstić information content (AvgIpc) is 2.33. The van der Waals surface area contributed by atoms with E-state index in [1.165, 1.54) is 0 Å². The van der Waals surface area contributed by atoms with Crippen molar-refractivity contribution in [1.29, 1.82) is 0 Å². The van der Waals surface area contributed by atoms with E-state index in [4.69, 9.17) is 9.47 Å². The highest BCUT2D eigenvalue weighted by Crippen LogP contribution is 2.18. The molecule has 18 heavy (non-hydrogen) atoms. The second-order valence-corrected chi connectivity index (χ2v) is 4.89. The number of aliphatic hydroxyl groups excluding tert-OH is 1. The van der Waals surface area contributed by atoms with Crippen LogP contribution in [0.2, 0.25) is 0 Å². The Labute approximate surface area is 110 Å². The molecule has 0 heterocycles. The van der Waals surface area contributed by atoms with Gasteiger partial charge in [0.1, 0.15) is 12.4 Å². The lowest BCUT2D eigenvalue weighted by atomic mass is 10.1. The zero-order valence-electron chi connectivity index (χ0n) is 11.6. The molecule has 1 atom stereocenters. The van der Waals surface area contributed by atoms with Gasteiger partial charge in [-0.1, -0.05) is 26.0 Å². The molecule has 0 radical (unpaired) electrons. The second kappa shape index (κ2) is 8.11. The molecule has 0 spiro atoms. The van der Waals surface area contributed by atoms with Gasteiger partial charge in [-0.25, -0.2) is 0 Å². The summed E-state index contributed by atoms with van der Waals surface area (Å²) in [6.45, 7) is 8.04. The molecule has 0 aliphatic heterocycles. The van der Waals surface area contributed by atoms with Gasteiger partial charge < -0.3 is 14.6 Å². The summed E-state index contributed by atoms with van der Waals surface area (Å²) in [5, 5.41) is 9.46. The lowest BCUT2D eigenvalue weighted by Crippen LogP contribution is -2.08. The first-order valence-corrected chi connectivity index (χ1v) is 6.58. The number of benzene rings is 1. The van der Waals surface area contributed by atoms with Crippen LogP contribution in [0.3, 0.4) is 0 Å². The second-order valence-electron chi connectivity index (χ2n) is 4.89. The van der Waals surface area contributed by atoms with Crippen molar-refractivity contribution >= 4 is 0 Å². The van der Waals surface area contributed by atoms with Crippen molar-refractivity contribution in [1.82, 2.24) is 0 Å². The minimum atomic E-state index is -0.462. The van der Waals surface area contributed by atoms with Crippen LogP contribution in [0.1, 0.15) is 38.9 Å². The minimum absolute atomic E-state index is 0.462. The highest BCUT2D eigenvalue weighted by atomic mass is 16.5. The summed E-state index contributed by atoms with van der Waals surface area (Å²) in [5.74, 6) is 1.45. The molecule has 1 aromatic carbocycles. The largest absolute Gasteiger partial charge is 0.491 e. The van der Waals surface area contributed by atoms with Crippen LogP contribution in [-0.2, 0) is 4.74 Å². The van der Waals surface area contributed by atoms with Crippen LogP contribution in [0.5, 0.6) is 5.75 Å². The van der Waals surface area contributed by atoms with Crippen molar-refractivity contribution in [3.8, 4) is 5.75 Å². The number of aliphatic hydroxyl groups is 1. The molecule has 1 N–H and O–H groups in total. The maximum absolute atomic E-state index is 9.46. The fourth-order valence-corrected chi connectivity index (χ4v) is 1.50. The van der Waals surface area contributed by atoms with Crippen LogP contribution in [0.15, 0.2) is 24.3 Å². The van der Waals surface area contributed by atoms with Crippen LogP contribution in [0.4, 0.5) is 0 Å². The van der Waals surface area contributed by atoms with Crippen molar-refractivity contribution in [3.05, 3.63) is 29.8 Å². The van der Waals surface area contributed by atoms with Gasteiger partial charge in [-0.2, -0.15) is 0 Å². The van der Waals surface area contributed by atoms with Crippen LogP contribution in [-0.4, -0.2) is 24.9 Å². The van der Waals surface area contributed by atoms with Crippen LogP contribution in [0.25, 0.3) is 0 Å². The normalized spacial score (nSPS) is 12.7. The van der Waals surface area contributed by atoms with Gasteiger partial charge in [-0.3, -0.25) is 0 Å². The summed E-state index contributed by atoms with van der Waals surface area (Å²) in [7, 11) is 0. The Hall–Kier alpha value is -1.06. The van der Waals surface area contributed by atoms with Crippen LogP contribution >= 0.6 is 0 Å². The Balaban J connectivity index is 2.21. The minimum Gasteiger partial charge on any atom is -0.491 e. The van der Waals surface area contributed by atoms with E-state index < -0.39 is 6.10 Å². The zero-order valence-corrected chi connectivity index (χ0v) is 11.6. The van der Waals surface area contributed by atoms with Gasteiger partial charge in [-0.05, 0) is 37.0 Å². The van der Waals surface area contributed by atoms with E-state index in [1.54, 1.807) is 6.92 Å². The van der Waals surface area contributed by atoms with Gasteiger partial charge in [0, 0.05) is 6.61 Å². The molecule has 0 aromatic heterocycles. The Kier molecular flexibility index (Phi) is 6.76. The predicted molar refractivity (Wildman–Crippen MR) is 72.8 cm³/mol. The third kappa shape index (κ3) is 6.03. The average molecular weight is 252 g/mol. The molecule has 0 saturated carbocycles. The van der Waals surface area contributed by atoms with Crippen molar-refractivity contribution in [2.24, 2.45) is 5.92 Å². The van der Waals surface area contributed by atoms with Gasteiger partial charge in [0.2, 0.25) is 0 Å². The topological polar surface area (TPSA) is 38.7 Å². The smallest absolute Gasteiger partial charge is 0.119 e. The van der Waals surface area contributed by atoms with E-state index in [-0.39, 0.29) is 0 Å². The lowest BCUT2D eigenvalue weighted by molar-refractivity contribution is 0.0924. The van der Waals surface area contributed by atoms with Gasteiger partial charge in [-0.15, -0.1) is 0 Å². The van der Waals surface area contributed by atoms with Gasteiger partial charge in [0.05, 0.1) is 12.7 Å². The number of ether oxygens (including phenoxy) is 2. The Bertz CT molecular complexity index is 334. The van der Waals surface area contributed by atoms with Gasteiger partial charge in [0.15, 0.2) is 0 Å². The monoisotopic (exact) mass is 252 g/mol. The summed E-state index contributed by atoms with van der Waals surface area (Å²) in [5.41, 5.74) is 0.869. The van der Waals surface area contributed by atoms with Crippen molar-refractivity contribution in [2.75, 3.05) is 19.8 Å². The zero-order chi connectivity index (χ0) is 13.4. The van der Waals surface area contributed by atoms with E-state index in [0.717, 1.165) is 24.3 Å². The van der Waals surface area contributed by atoms with Gasteiger partial charge in [0.25, 0.3) is 0 Å². The van der Waals surface area contributed by atoms with Crippen molar-refractivity contribution in [2.45, 2.75) is 33.3 Å². The fourth-order valence-electron chi connectivity index (χ4n) is 1.50. The molecule has 102 valence electrons. The first-order valence-electron chi connectivity index (χ1n) is 6.58. The molecule has 0 aliphatic carbocycles. The van der Waals surface area contributed by atoms with Crippen LogP contribution in [0, 0.1) is 5.92 Å². The molecule has 3 heteroatoms. The van der Waals surface area contributed by atoms with E-state index >= 15 is 0 Å². The van der Waals surface area contributed by atoms with E-state index in [2.05, 4.69) is 13.8 Å². The highest BCUT2D eigenvalue weighted by molar-refractivity contribution is 5.29. The van der Waals surface area contributed by atoms with Crippen LogP contribution < -0.4 is 4.74 Å². The molecule has 0 aliphatic rings. The third-order valence-corrected chi connectivity index (χ3v) is 2.68. The molecule has 0 saturated heterocycles. The molecule has 0 bridgehead atoms. The summed E-state index contributed by atoms with van der Waals surface area (Å²) in [6.07, 6.45) is 0.619. The van der Waals surface area contributed by atoms with Crippen molar-refractivity contribution in [3.63, 3.8) is 0 Å². The molecule has 0 amide bonds. The quantitative estimate of drug-likeness (QED) is 0.722. The highest BCUT2D eigenvalue weighted by Gasteiger charge is 2.02. The first-order chi connectivity index (χ1) is 8.59.